The van der Waals surface area contributed by atoms with E-state index in [1.54, 1.807) is 20.4 Å². The number of pyridine rings is 1. The zero-order valence-electron chi connectivity index (χ0n) is 20.2. The highest BCUT2D eigenvalue weighted by Crippen LogP contribution is 2.37. The van der Waals surface area contributed by atoms with Crippen LogP contribution in [0.4, 0.5) is 5.82 Å². The van der Waals surface area contributed by atoms with Crippen molar-refractivity contribution in [2.24, 2.45) is 5.10 Å². The molecule has 0 fully saturated rings. The number of hydrogen-bond acceptors (Lipinski definition) is 7. The molecule has 0 aliphatic heterocycles. The van der Waals surface area contributed by atoms with Gasteiger partial charge >= 0.3 is 0 Å². The first kappa shape index (κ1) is 25.2. The second-order valence-electron chi connectivity index (χ2n) is 8.02. The highest BCUT2D eigenvalue weighted by atomic mass is 79.9. The Kier molecular flexibility index (Phi) is 8.16. The molecule has 0 atom stereocenters. The van der Waals surface area contributed by atoms with Crippen LogP contribution in [0.5, 0.6) is 11.5 Å². The van der Waals surface area contributed by atoms with Gasteiger partial charge < -0.3 is 14.2 Å². The molecule has 3 aromatic carbocycles. The van der Waals surface area contributed by atoms with Crippen LogP contribution in [0.15, 0.2) is 70.2 Å². The molecule has 36 heavy (non-hydrogen) atoms. The third-order valence-corrected chi connectivity index (χ3v) is 6.12. The topological polar surface area (TPSA) is 88.8 Å². The van der Waals surface area contributed by atoms with Gasteiger partial charge in [-0.15, -0.1) is 0 Å². The number of nitrogens with one attached hydrogen (secondary N) is 1. The van der Waals surface area contributed by atoms with E-state index in [2.05, 4.69) is 61.8 Å². The van der Waals surface area contributed by atoms with Gasteiger partial charge in [0.15, 0.2) is 17.3 Å². The summed E-state index contributed by atoms with van der Waals surface area (Å²) in [7, 11) is 3.18. The lowest BCUT2D eigenvalue weighted by molar-refractivity contribution is 0.184. The fraction of sp³-hybridized carbons (Fsp3) is 0.179. The smallest absolute Gasteiger partial charge is 0.175 e. The van der Waals surface area contributed by atoms with E-state index in [1.807, 2.05) is 43.3 Å². The molecule has 7 nitrogen and oxygen atoms in total. The van der Waals surface area contributed by atoms with E-state index in [4.69, 9.17) is 14.2 Å². The van der Waals surface area contributed by atoms with Gasteiger partial charge in [-0.25, -0.2) is 4.98 Å². The van der Waals surface area contributed by atoms with E-state index in [-0.39, 0.29) is 0 Å². The summed E-state index contributed by atoms with van der Waals surface area (Å²) in [5.74, 6) is 1.55. The van der Waals surface area contributed by atoms with Crippen molar-refractivity contribution in [1.82, 2.24) is 4.98 Å². The Balaban J connectivity index is 1.53. The first-order valence-electron chi connectivity index (χ1n) is 11.2. The number of halogens is 1. The largest absolute Gasteiger partial charge is 0.493 e. The molecule has 0 amide bonds. The fourth-order valence-corrected chi connectivity index (χ4v) is 4.48. The number of ether oxygens (including phenoxy) is 3. The summed E-state index contributed by atoms with van der Waals surface area (Å²) in [5, 5.41) is 16.2. The fourth-order valence-electron chi connectivity index (χ4n) is 3.91. The van der Waals surface area contributed by atoms with E-state index >= 15 is 0 Å². The van der Waals surface area contributed by atoms with Crippen LogP contribution in [0, 0.1) is 18.3 Å². The van der Waals surface area contributed by atoms with Crippen LogP contribution in [-0.4, -0.2) is 25.4 Å². The van der Waals surface area contributed by atoms with Crippen LogP contribution < -0.4 is 14.9 Å². The first-order chi connectivity index (χ1) is 17.5. The Hall–Kier alpha value is -3.93. The number of aromatic nitrogens is 1. The van der Waals surface area contributed by atoms with E-state index in [0.29, 0.717) is 36.1 Å². The van der Waals surface area contributed by atoms with Gasteiger partial charge in [-0.05, 0) is 63.0 Å². The highest BCUT2D eigenvalue weighted by Gasteiger charge is 2.13. The van der Waals surface area contributed by atoms with Crippen LogP contribution in [0.25, 0.3) is 10.8 Å². The van der Waals surface area contributed by atoms with Gasteiger partial charge in [-0.2, -0.15) is 10.4 Å². The van der Waals surface area contributed by atoms with Crippen LogP contribution in [0.2, 0.25) is 0 Å². The summed E-state index contributed by atoms with van der Waals surface area (Å²) in [4.78, 5) is 4.40. The number of hydrazone groups is 1. The molecular formula is C28H25BrN4O3. The molecule has 4 aromatic rings. The lowest BCUT2D eigenvalue weighted by Gasteiger charge is -2.14. The standard InChI is InChI=1S/C28H25BrN4O3/c1-18-11-22(16-34-2)24(14-30)28(32-18)33-31-15-19-12-25(29)27(26(13-19)35-3)36-17-21-9-6-8-20-7-4-5-10-23(20)21/h4-13,15H,16-17H2,1-3H3,(H,32,33)/b31-15-. The summed E-state index contributed by atoms with van der Waals surface area (Å²) in [6, 6.07) is 22.1. The minimum Gasteiger partial charge on any atom is -0.493 e. The maximum absolute atomic E-state index is 9.59. The Labute approximate surface area is 218 Å². The molecule has 0 saturated heterocycles. The lowest BCUT2D eigenvalue weighted by Crippen LogP contribution is -2.04. The molecular weight excluding hydrogens is 520 g/mol. The van der Waals surface area contributed by atoms with Crippen molar-refractivity contribution in [2.75, 3.05) is 19.6 Å². The average molecular weight is 545 g/mol. The second kappa shape index (κ2) is 11.7. The molecule has 182 valence electrons. The molecule has 0 spiro atoms. The predicted octanol–water partition coefficient (Wildman–Crippen LogP) is 6.36. The van der Waals surface area contributed by atoms with E-state index < -0.39 is 0 Å². The monoisotopic (exact) mass is 544 g/mol. The number of fused-ring (bicyclic) bond motifs is 1. The van der Waals surface area contributed by atoms with E-state index in [9.17, 15) is 5.26 Å². The Morgan fingerprint density at radius 3 is 2.64 bits per heavy atom. The van der Waals surface area contributed by atoms with Crippen molar-refractivity contribution in [3.63, 3.8) is 0 Å². The number of nitriles is 1. The van der Waals surface area contributed by atoms with Gasteiger partial charge in [0, 0.05) is 18.4 Å². The molecule has 0 bridgehead atoms. The molecule has 0 unspecified atom stereocenters. The first-order valence-corrected chi connectivity index (χ1v) is 12.0. The average Bonchev–Trinajstić information content (AvgIpc) is 2.88. The number of aryl methyl sites for hydroxylation is 1. The maximum atomic E-state index is 9.59. The number of hydrogen-bond donors (Lipinski definition) is 1. The number of methoxy groups -OCH3 is 2. The van der Waals surface area contributed by atoms with Gasteiger partial charge in [-0.1, -0.05) is 42.5 Å². The molecule has 0 aliphatic rings. The second-order valence-corrected chi connectivity index (χ2v) is 8.88. The maximum Gasteiger partial charge on any atom is 0.175 e. The minimum absolute atomic E-state index is 0.315. The van der Waals surface area contributed by atoms with Crippen LogP contribution in [0.1, 0.15) is 27.9 Å². The van der Waals surface area contributed by atoms with Gasteiger partial charge in [0.2, 0.25) is 0 Å². The summed E-state index contributed by atoms with van der Waals surface area (Å²) in [5.41, 5.74) is 6.65. The Bertz CT molecular complexity index is 1460. The number of benzene rings is 3. The lowest BCUT2D eigenvalue weighted by atomic mass is 10.1. The van der Waals surface area contributed by atoms with E-state index in [1.165, 1.54) is 5.39 Å². The molecule has 0 aliphatic carbocycles. The molecule has 0 radical (unpaired) electrons. The number of anilines is 1. The van der Waals surface area contributed by atoms with Gasteiger partial charge in [0.1, 0.15) is 18.2 Å². The number of rotatable bonds is 9. The molecule has 8 heteroatoms. The van der Waals surface area contributed by atoms with Gasteiger partial charge in [-0.3, -0.25) is 5.43 Å². The summed E-state index contributed by atoms with van der Waals surface area (Å²) in [6.45, 7) is 2.56. The molecule has 0 saturated carbocycles. The molecule has 1 N–H and O–H groups in total. The van der Waals surface area contributed by atoms with Crippen molar-refractivity contribution in [3.05, 3.63) is 93.1 Å². The minimum atomic E-state index is 0.315. The summed E-state index contributed by atoms with van der Waals surface area (Å²) >= 11 is 3.60. The highest BCUT2D eigenvalue weighted by molar-refractivity contribution is 9.10. The van der Waals surface area contributed by atoms with Crippen LogP contribution >= 0.6 is 15.9 Å². The van der Waals surface area contributed by atoms with Crippen molar-refractivity contribution in [3.8, 4) is 17.6 Å². The SMILES string of the molecule is COCc1cc(C)nc(N/N=C\c2cc(Br)c(OCc3cccc4ccccc34)c(OC)c2)c1C#N. The number of nitrogens with zero attached hydrogens (tertiary/aromatic N) is 3. The third-order valence-electron chi connectivity index (χ3n) is 5.53. The van der Waals surface area contributed by atoms with Gasteiger partial charge in [0.05, 0.1) is 24.4 Å². The quantitative estimate of drug-likeness (QED) is 0.195. The normalized spacial score (nSPS) is 11.0. The zero-order chi connectivity index (χ0) is 25.5. The van der Waals surface area contributed by atoms with Crippen LogP contribution in [0.3, 0.4) is 0 Å². The third kappa shape index (κ3) is 5.65. The van der Waals surface area contributed by atoms with Crippen LogP contribution in [-0.2, 0) is 18.0 Å². The zero-order valence-corrected chi connectivity index (χ0v) is 21.8. The molecule has 1 heterocycles. The van der Waals surface area contributed by atoms with Crippen molar-refractivity contribution in [2.45, 2.75) is 20.1 Å². The van der Waals surface area contributed by atoms with Crippen molar-refractivity contribution in [1.29, 1.82) is 5.26 Å². The predicted molar refractivity (Wildman–Crippen MR) is 145 cm³/mol. The molecule has 1 aromatic heterocycles. The van der Waals surface area contributed by atoms with Crippen molar-refractivity contribution >= 4 is 38.7 Å². The Morgan fingerprint density at radius 1 is 1.06 bits per heavy atom. The van der Waals surface area contributed by atoms with E-state index in [0.717, 1.165) is 32.2 Å². The summed E-state index contributed by atoms with van der Waals surface area (Å²) < 4.78 is 17.7. The molecule has 4 rings (SSSR count). The Morgan fingerprint density at radius 2 is 1.86 bits per heavy atom. The van der Waals surface area contributed by atoms with Gasteiger partial charge in [0.25, 0.3) is 0 Å². The van der Waals surface area contributed by atoms with Crippen molar-refractivity contribution < 1.29 is 14.2 Å². The summed E-state index contributed by atoms with van der Waals surface area (Å²) in [6.07, 6.45) is 1.63.